The van der Waals surface area contributed by atoms with Crippen molar-refractivity contribution >= 4 is 11.7 Å². The number of likely N-dealkylation sites (tertiary alicyclic amines) is 1. The predicted molar refractivity (Wildman–Crippen MR) is 64.7 cm³/mol. The van der Waals surface area contributed by atoms with E-state index >= 15 is 0 Å². The molecule has 3 N–H and O–H groups in total. The first-order chi connectivity index (χ1) is 8.25. The van der Waals surface area contributed by atoms with Crippen LogP contribution in [0.25, 0.3) is 0 Å². The maximum Gasteiger partial charge on any atom is 0.268 e. The minimum absolute atomic E-state index is 0.190. The predicted octanol–water partition coefficient (Wildman–Crippen LogP) is 0.0832. The molecule has 1 fully saturated rings. The second kappa shape index (κ2) is 5.58. The second-order valence-electron chi connectivity index (χ2n) is 4.13. The van der Waals surface area contributed by atoms with E-state index in [-0.39, 0.29) is 5.69 Å². The van der Waals surface area contributed by atoms with Crippen molar-refractivity contribution in [3.05, 3.63) is 18.1 Å². The summed E-state index contributed by atoms with van der Waals surface area (Å²) in [5, 5.41) is 3.17. The van der Waals surface area contributed by atoms with Crippen LogP contribution >= 0.6 is 0 Å². The molecule has 1 aromatic rings. The van der Waals surface area contributed by atoms with Gasteiger partial charge in [0.1, 0.15) is 11.5 Å². The van der Waals surface area contributed by atoms with Gasteiger partial charge in [0.15, 0.2) is 0 Å². The third-order valence-electron chi connectivity index (χ3n) is 2.84. The lowest BCUT2D eigenvalue weighted by Crippen LogP contribution is -2.26. The summed E-state index contributed by atoms with van der Waals surface area (Å²) in [7, 11) is 0. The highest BCUT2D eigenvalue weighted by Gasteiger charge is 2.10. The number of hydrogen-bond donors (Lipinski definition) is 2. The van der Waals surface area contributed by atoms with E-state index in [4.69, 9.17) is 5.73 Å². The van der Waals surface area contributed by atoms with Gasteiger partial charge in [-0.25, -0.2) is 9.97 Å². The highest BCUT2D eigenvalue weighted by Crippen LogP contribution is 2.06. The molecule has 0 aliphatic carbocycles. The summed E-state index contributed by atoms with van der Waals surface area (Å²) in [4.78, 5) is 21.2. The van der Waals surface area contributed by atoms with Crippen molar-refractivity contribution in [2.24, 2.45) is 5.73 Å². The fourth-order valence-corrected chi connectivity index (χ4v) is 1.89. The molecule has 92 valence electrons. The van der Waals surface area contributed by atoms with Gasteiger partial charge in [0.25, 0.3) is 5.91 Å². The molecule has 1 aromatic heterocycles. The SMILES string of the molecule is NC(=O)c1cnc(NCCN2CCCC2)cn1. The lowest BCUT2D eigenvalue weighted by atomic mass is 10.4. The lowest BCUT2D eigenvalue weighted by Gasteiger charge is -2.14. The average Bonchev–Trinajstić information content (AvgIpc) is 2.83. The smallest absolute Gasteiger partial charge is 0.268 e. The van der Waals surface area contributed by atoms with Crippen molar-refractivity contribution in [1.82, 2.24) is 14.9 Å². The van der Waals surface area contributed by atoms with Crippen LogP contribution in [0.15, 0.2) is 12.4 Å². The maximum atomic E-state index is 10.8. The van der Waals surface area contributed by atoms with Crippen LogP contribution in [0, 0.1) is 0 Å². The number of nitrogens with one attached hydrogen (secondary N) is 1. The summed E-state index contributed by atoms with van der Waals surface area (Å²) in [5.74, 6) is 0.121. The second-order valence-corrected chi connectivity index (χ2v) is 4.13. The number of rotatable bonds is 5. The Morgan fingerprint density at radius 1 is 1.35 bits per heavy atom. The minimum atomic E-state index is -0.555. The van der Waals surface area contributed by atoms with Crippen molar-refractivity contribution < 1.29 is 4.79 Å². The van der Waals surface area contributed by atoms with E-state index in [0.29, 0.717) is 5.82 Å². The summed E-state index contributed by atoms with van der Waals surface area (Å²) in [6.07, 6.45) is 5.52. The molecule has 0 bridgehead atoms. The molecular formula is C11H17N5O. The van der Waals surface area contributed by atoms with Crippen LogP contribution < -0.4 is 11.1 Å². The topological polar surface area (TPSA) is 84.1 Å². The number of hydrogen-bond acceptors (Lipinski definition) is 5. The molecule has 17 heavy (non-hydrogen) atoms. The zero-order valence-electron chi connectivity index (χ0n) is 9.72. The summed E-state index contributed by atoms with van der Waals surface area (Å²) in [6.45, 7) is 4.23. The van der Waals surface area contributed by atoms with Gasteiger partial charge in [0.2, 0.25) is 0 Å². The third-order valence-corrected chi connectivity index (χ3v) is 2.84. The zero-order valence-corrected chi connectivity index (χ0v) is 9.72. The standard InChI is InChI=1S/C11H17N5O/c12-11(17)9-7-15-10(8-14-9)13-3-6-16-4-1-2-5-16/h7-8H,1-6H2,(H2,12,17)(H,13,15). The number of amides is 1. The summed E-state index contributed by atoms with van der Waals surface area (Å²) in [6, 6.07) is 0. The van der Waals surface area contributed by atoms with Crippen LogP contribution in [0.2, 0.25) is 0 Å². The minimum Gasteiger partial charge on any atom is -0.368 e. The highest BCUT2D eigenvalue weighted by molar-refractivity contribution is 5.90. The van der Waals surface area contributed by atoms with Gasteiger partial charge in [-0.3, -0.25) is 4.79 Å². The fourth-order valence-electron chi connectivity index (χ4n) is 1.89. The van der Waals surface area contributed by atoms with Crippen molar-refractivity contribution in [3.63, 3.8) is 0 Å². The first-order valence-electron chi connectivity index (χ1n) is 5.84. The van der Waals surface area contributed by atoms with E-state index < -0.39 is 5.91 Å². The fraction of sp³-hybridized carbons (Fsp3) is 0.545. The molecular weight excluding hydrogens is 218 g/mol. The normalized spacial score (nSPS) is 16.0. The first kappa shape index (κ1) is 11.8. The zero-order chi connectivity index (χ0) is 12.1. The number of carbonyl (C=O) groups is 1. The monoisotopic (exact) mass is 235 g/mol. The highest BCUT2D eigenvalue weighted by atomic mass is 16.1. The Labute approximate surface area is 100 Å². The Morgan fingerprint density at radius 3 is 2.71 bits per heavy atom. The van der Waals surface area contributed by atoms with E-state index in [9.17, 15) is 4.79 Å². The van der Waals surface area contributed by atoms with Gasteiger partial charge in [-0.1, -0.05) is 0 Å². The van der Waals surface area contributed by atoms with Crippen LogP contribution in [0.4, 0.5) is 5.82 Å². The van der Waals surface area contributed by atoms with Crippen LogP contribution in [-0.4, -0.2) is 47.0 Å². The molecule has 1 saturated heterocycles. The van der Waals surface area contributed by atoms with E-state index in [1.54, 1.807) is 0 Å². The van der Waals surface area contributed by atoms with Crippen molar-refractivity contribution in [2.75, 3.05) is 31.5 Å². The molecule has 1 aliphatic heterocycles. The largest absolute Gasteiger partial charge is 0.368 e. The van der Waals surface area contributed by atoms with Gasteiger partial charge in [0, 0.05) is 13.1 Å². The molecule has 0 spiro atoms. The van der Waals surface area contributed by atoms with Crippen LogP contribution in [0.1, 0.15) is 23.3 Å². The van der Waals surface area contributed by atoms with E-state index in [1.165, 1.54) is 38.3 Å². The van der Waals surface area contributed by atoms with Crippen molar-refractivity contribution in [2.45, 2.75) is 12.8 Å². The molecule has 1 aliphatic rings. The van der Waals surface area contributed by atoms with Crippen molar-refractivity contribution in [3.8, 4) is 0 Å². The quantitative estimate of drug-likeness (QED) is 0.755. The Hall–Kier alpha value is -1.69. The molecule has 2 heterocycles. The Balaban J connectivity index is 1.76. The van der Waals surface area contributed by atoms with E-state index in [1.807, 2.05) is 0 Å². The van der Waals surface area contributed by atoms with Crippen LogP contribution in [0.5, 0.6) is 0 Å². The van der Waals surface area contributed by atoms with Gasteiger partial charge < -0.3 is 16.0 Å². The number of primary amides is 1. The van der Waals surface area contributed by atoms with E-state index in [0.717, 1.165) is 13.1 Å². The van der Waals surface area contributed by atoms with Gasteiger partial charge >= 0.3 is 0 Å². The molecule has 0 aromatic carbocycles. The first-order valence-corrected chi connectivity index (χ1v) is 5.84. The van der Waals surface area contributed by atoms with E-state index in [2.05, 4.69) is 20.2 Å². The number of nitrogens with two attached hydrogens (primary N) is 1. The van der Waals surface area contributed by atoms with Gasteiger partial charge in [0.05, 0.1) is 12.4 Å². The lowest BCUT2D eigenvalue weighted by molar-refractivity contribution is 0.0995. The van der Waals surface area contributed by atoms with Gasteiger partial charge in [-0.2, -0.15) is 0 Å². The van der Waals surface area contributed by atoms with Crippen LogP contribution in [0.3, 0.4) is 0 Å². The molecule has 0 atom stereocenters. The summed E-state index contributed by atoms with van der Waals surface area (Å²) >= 11 is 0. The number of anilines is 1. The average molecular weight is 235 g/mol. The molecule has 0 unspecified atom stereocenters. The molecule has 1 amide bonds. The number of carbonyl (C=O) groups excluding carboxylic acids is 1. The molecule has 2 rings (SSSR count). The Bertz CT molecular complexity index is 372. The molecule has 0 saturated carbocycles. The summed E-state index contributed by atoms with van der Waals surface area (Å²) in [5.41, 5.74) is 5.27. The number of aromatic nitrogens is 2. The third kappa shape index (κ3) is 3.39. The Kier molecular flexibility index (Phi) is 3.87. The maximum absolute atomic E-state index is 10.8. The Morgan fingerprint density at radius 2 is 2.12 bits per heavy atom. The van der Waals surface area contributed by atoms with Gasteiger partial charge in [-0.15, -0.1) is 0 Å². The summed E-state index contributed by atoms with van der Waals surface area (Å²) < 4.78 is 0. The molecule has 6 heteroatoms. The molecule has 0 radical (unpaired) electrons. The van der Waals surface area contributed by atoms with Crippen LogP contribution in [-0.2, 0) is 0 Å². The van der Waals surface area contributed by atoms with Gasteiger partial charge in [-0.05, 0) is 25.9 Å². The number of nitrogens with zero attached hydrogens (tertiary/aromatic N) is 3. The van der Waals surface area contributed by atoms with Crippen molar-refractivity contribution in [1.29, 1.82) is 0 Å². The molecule has 6 nitrogen and oxygen atoms in total.